The van der Waals surface area contributed by atoms with Gasteiger partial charge in [0.05, 0.1) is 5.69 Å². The normalized spacial score (nSPS) is 21.8. The molecule has 0 saturated carbocycles. The third-order valence-electron chi connectivity index (χ3n) is 1.98. The number of para-hydroxylation sites is 1. The third kappa shape index (κ3) is 1.51. The van der Waals surface area contributed by atoms with Gasteiger partial charge in [-0.2, -0.15) is 0 Å². The number of hydrogen-bond donors (Lipinski definition) is 2. The minimum Gasteiger partial charge on any atom is -0.494 e. The van der Waals surface area contributed by atoms with Crippen molar-refractivity contribution in [1.82, 2.24) is 5.43 Å². The summed E-state index contributed by atoms with van der Waals surface area (Å²) in [5.74, 6) is 0.263. The Morgan fingerprint density at radius 1 is 1.31 bits per heavy atom. The maximum absolute atomic E-state index is 9.54. The number of nitrogens with one attached hydrogen (secondary N) is 1. The van der Waals surface area contributed by atoms with E-state index in [4.69, 9.17) is 0 Å². The molecule has 0 fully saturated rings. The minimum absolute atomic E-state index is 0.181. The zero-order chi connectivity index (χ0) is 9.26. The summed E-state index contributed by atoms with van der Waals surface area (Å²) in [6, 6.07) is 9.88. The molecule has 0 spiro atoms. The molecule has 13 heavy (non-hydrogen) atoms. The Balaban J connectivity index is 2.25. The molecule has 1 aromatic carbocycles. The van der Waals surface area contributed by atoms with Gasteiger partial charge in [0.15, 0.2) is 0 Å². The summed E-state index contributed by atoms with van der Waals surface area (Å²) >= 11 is 0. The fourth-order valence-electron chi connectivity index (χ4n) is 1.39. The van der Waals surface area contributed by atoms with Crippen molar-refractivity contribution in [2.75, 3.05) is 5.01 Å². The summed E-state index contributed by atoms with van der Waals surface area (Å²) in [6.07, 6.45) is 1.77. The monoisotopic (exact) mass is 176 g/mol. The van der Waals surface area contributed by atoms with Crippen LogP contribution in [0.15, 0.2) is 42.3 Å². The Kier molecular flexibility index (Phi) is 1.94. The average molecular weight is 176 g/mol. The minimum atomic E-state index is 0.181. The van der Waals surface area contributed by atoms with Gasteiger partial charge in [-0.25, -0.2) is 10.4 Å². The molecule has 2 N–H and O–H groups in total. The predicted octanol–water partition coefficient (Wildman–Crippen LogP) is 1.80. The van der Waals surface area contributed by atoms with Crippen LogP contribution in [0.4, 0.5) is 5.69 Å². The fourth-order valence-corrected chi connectivity index (χ4v) is 1.39. The molecule has 1 unspecified atom stereocenters. The van der Waals surface area contributed by atoms with Gasteiger partial charge < -0.3 is 5.11 Å². The highest BCUT2D eigenvalue weighted by Gasteiger charge is 2.19. The second kappa shape index (κ2) is 3.11. The van der Waals surface area contributed by atoms with Crippen LogP contribution in [0.25, 0.3) is 0 Å². The third-order valence-corrected chi connectivity index (χ3v) is 1.98. The van der Waals surface area contributed by atoms with Gasteiger partial charge in [-0.05, 0) is 25.1 Å². The van der Waals surface area contributed by atoms with E-state index in [2.05, 4.69) is 5.43 Å². The molecule has 1 heterocycles. The SMILES string of the molecule is CC1C=C(O)N(c2ccccc2)N1. The predicted molar refractivity (Wildman–Crippen MR) is 52.2 cm³/mol. The second-order valence-corrected chi connectivity index (χ2v) is 3.11. The molecule has 2 rings (SSSR count). The lowest BCUT2D eigenvalue weighted by atomic mass is 10.3. The molecule has 0 saturated heterocycles. The van der Waals surface area contributed by atoms with E-state index in [-0.39, 0.29) is 11.9 Å². The largest absolute Gasteiger partial charge is 0.494 e. The van der Waals surface area contributed by atoms with Crippen molar-refractivity contribution in [3.05, 3.63) is 42.3 Å². The van der Waals surface area contributed by atoms with Gasteiger partial charge in [0, 0.05) is 6.04 Å². The number of rotatable bonds is 1. The number of hydrogen-bond acceptors (Lipinski definition) is 3. The Bertz CT molecular complexity index is 321. The first-order valence-corrected chi connectivity index (χ1v) is 4.29. The number of aliphatic hydroxyl groups excluding tert-OH is 1. The first-order chi connectivity index (χ1) is 6.27. The van der Waals surface area contributed by atoms with E-state index in [0.29, 0.717) is 0 Å². The molecule has 1 aromatic rings. The summed E-state index contributed by atoms with van der Waals surface area (Å²) in [5.41, 5.74) is 4.06. The Labute approximate surface area is 77.3 Å². The molecule has 1 aliphatic heterocycles. The van der Waals surface area contributed by atoms with Crippen LogP contribution >= 0.6 is 0 Å². The van der Waals surface area contributed by atoms with Crippen molar-refractivity contribution in [3.8, 4) is 0 Å². The topological polar surface area (TPSA) is 35.5 Å². The van der Waals surface area contributed by atoms with Crippen molar-refractivity contribution >= 4 is 5.69 Å². The van der Waals surface area contributed by atoms with Crippen LogP contribution in [-0.4, -0.2) is 11.1 Å². The molecule has 3 nitrogen and oxygen atoms in total. The highest BCUT2D eigenvalue weighted by molar-refractivity contribution is 5.50. The van der Waals surface area contributed by atoms with Crippen LogP contribution in [0, 0.1) is 0 Å². The van der Waals surface area contributed by atoms with Crippen molar-refractivity contribution in [1.29, 1.82) is 0 Å². The Morgan fingerprint density at radius 2 is 2.00 bits per heavy atom. The maximum Gasteiger partial charge on any atom is 0.203 e. The van der Waals surface area contributed by atoms with Gasteiger partial charge in [-0.15, -0.1) is 0 Å². The van der Waals surface area contributed by atoms with Crippen LogP contribution < -0.4 is 10.4 Å². The van der Waals surface area contributed by atoms with E-state index < -0.39 is 0 Å². The zero-order valence-electron chi connectivity index (χ0n) is 7.44. The van der Waals surface area contributed by atoms with Gasteiger partial charge in [0.2, 0.25) is 5.88 Å². The van der Waals surface area contributed by atoms with Crippen LogP contribution in [0.5, 0.6) is 0 Å². The molecule has 0 radical (unpaired) electrons. The number of hydrazine groups is 1. The Morgan fingerprint density at radius 3 is 2.54 bits per heavy atom. The van der Waals surface area contributed by atoms with Crippen LogP contribution in [0.1, 0.15) is 6.92 Å². The van der Waals surface area contributed by atoms with E-state index >= 15 is 0 Å². The highest BCUT2D eigenvalue weighted by atomic mass is 16.3. The van der Waals surface area contributed by atoms with Gasteiger partial charge >= 0.3 is 0 Å². The van der Waals surface area contributed by atoms with E-state index in [0.717, 1.165) is 5.69 Å². The first kappa shape index (κ1) is 8.13. The summed E-state index contributed by atoms with van der Waals surface area (Å²) in [5, 5.41) is 11.2. The molecule has 0 aliphatic carbocycles. The Hall–Kier alpha value is -1.48. The zero-order valence-corrected chi connectivity index (χ0v) is 7.44. The highest BCUT2D eigenvalue weighted by Crippen LogP contribution is 2.19. The first-order valence-electron chi connectivity index (χ1n) is 4.29. The quantitative estimate of drug-likeness (QED) is 0.684. The summed E-state index contributed by atoms with van der Waals surface area (Å²) in [7, 11) is 0. The fraction of sp³-hybridized carbons (Fsp3) is 0.200. The van der Waals surface area contributed by atoms with E-state index in [9.17, 15) is 5.11 Å². The van der Waals surface area contributed by atoms with Gasteiger partial charge in [0.25, 0.3) is 0 Å². The van der Waals surface area contributed by atoms with E-state index in [1.54, 1.807) is 11.1 Å². The number of benzene rings is 1. The smallest absolute Gasteiger partial charge is 0.203 e. The molecule has 1 aliphatic rings. The molecule has 0 bridgehead atoms. The van der Waals surface area contributed by atoms with Gasteiger partial charge in [-0.1, -0.05) is 18.2 Å². The molecular weight excluding hydrogens is 164 g/mol. The van der Waals surface area contributed by atoms with E-state index in [1.807, 2.05) is 37.3 Å². The summed E-state index contributed by atoms with van der Waals surface area (Å²) < 4.78 is 0. The van der Waals surface area contributed by atoms with Crippen molar-refractivity contribution in [2.45, 2.75) is 13.0 Å². The molecule has 0 amide bonds. The lowest BCUT2D eigenvalue weighted by Crippen LogP contribution is -2.35. The van der Waals surface area contributed by atoms with Gasteiger partial charge in [0.1, 0.15) is 0 Å². The van der Waals surface area contributed by atoms with Crippen LogP contribution in [0.3, 0.4) is 0 Å². The number of anilines is 1. The lowest BCUT2D eigenvalue weighted by Gasteiger charge is -2.19. The van der Waals surface area contributed by atoms with Crippen molar-refractivity contribution in [3.63, 3.8) is 0 Å². The van der Waals surface area contributed by atoms with Crippen LogP contribution in [0.2, 0.25) is 0 Å². The van der Waals surface area contributed by atoms with Crippen molar-refractivity contribution < 1.29 is 5.11 Å². The number of aliphatic hydroxyl groups is 1. The molecular formula is C10H12N2O. The van der Waals surface area contributed by atoms with Crippen molar-refractivity contribution in [2.24, 2.45) is 0 Å². The summed E-state index contributed by atoms with van der Waals surface area (Å²) in [4.78, 5) is 0. The maximum atomic E-state index is 9.54. The van der Waals surface area contributed by atoms with Crippen LogP contribution in [-0.2, 0) is 0 Å². The standard InChI is InChI=1S/C10H12N2O/c1-8-7-10(13)12(11-8)9-5-3-2-4-6-9/h2-8,11,13H,1H3. The second-order valence-electron chi connectivity index (χ2n) is 3.11. The molecule has 3 heteroatoms. The van der Waals surface area contributed by atoms with Gasteiger partial charge in [-0.3, -0.25) is 0 Å². The molecule has 1 atom stereocenters. The average Bonchev–Trinajstić information content (AvgIpc) is 2.47. The molecule has 68 valence electrons. The van der Waals surface area contributed by atoms with E-state index in [1.165, 1.54) is 0 Å². The number of nitrogens with zero attached hydrogens (tertiary/aromatic N) is 1. The molecule has 0 aromatic heterocycles. The summed E-state index contributed by atoms with van der Waals surface area (Å²) in [6.45, 7) is 1.99. The lowest BCUT2D eigenvalue weighted by molar-refractivity contribution is 0.389.